The van der Waals surface area contributed by atoms with E-state index in [1.807, 2.05) is 13.1 Å². The molecule has 0 amide bonds. The summed E-state index contributed by atoms with van der Waals surface area (Å²) < 4.78 is 2.25. The Hall–Kier alpha value is -1.13. The van der Waals surface area contributed by atoms with E-state index in [1.54, 1.807) is 11.3 Å². The van der Waals surface area contributed by atoms with Crippen LogP contribution >= 0.6 is 11.3 Å². The average Bonchev–Trinajstić information content (AvgIpc) is 2.88. The fraction of sp³-hybridized carbons (Fsp3) is 0.462. The van der Waals surface area contributed by atoms with Crippen LogP contribution in [0.1, 0.15) is 40.1 Å². The smallest absolute Gasteiger partial charge is 0.0897 e. The number of aromatic nitrogens is 2. The van der Waals surface area contributed by atoms with E-state index < -0.39 is 0 Å². The molecule has 0 saturated carbocycles. The fourth-order valence-electron chi connectivity index (χ4n) is 2.53. The molecule has 0 fully saturated rings. The third kappa shape index (κ3) is 2.03. The summed E-state index contributed by atoms with van der Waals surface area (Å²) in [5.41, 5.74) is 2.42. The van der Waals surface area contributed by atoms with Crippen LogP contribution in [0, 0.1) is 6.92 Å². The Morgan fingerprint density at radius 3 is 3.24 bits per heavy atom. The Balaban J connectivity index is 1.89. The van der Waals surface area contributed by atoms with Crippen molar-refractivity contribution >= 4 is 11.3 Å². The van der Waals surface area contributed by atoms with Crippen LogP contribution in [0.5, 0.6) is 0 Å². The van der Waals surface area contributed by atoms with Crippen molar-refractivity contribution in [3.63, 3.8) is 0 Å². The van der Waals surface area contributed by atoms with Crippen LogP contribution in [0.3, 0.4) is 0 Å². The minimum Gasteiger partial charge on any atom is -0.388 e. The van der Waals surface area contributed by atoms with Gasteiger partial charge in [0, 0.05) is 28.5 Å². The molecule has 2 heterocycles. The molecule has 90 valence electrons. The van der Waals surface area contributed by atoms with Crippen LogP contribution in [0.25, 0.3) is 0 Å². The van der Waals surface area contributed by atoms with E-state index in [2.05, 4.69) is 21.8 Å². The number of rotatable bonds is 2. The monoisotopic (exact) mass is 248 g/mol. The first-order valence-electron chi connectivity index (χ1n) is 6.01. The number of hydrogen-bond acceptors (Lipinski definition) is 3. The molecule has 0 spiro atoms. The van der Waals surface area contributed by atoms with Gasteiger partial charge in [-0.2, -0.15) is 0 Å². The van der Waals surface area contributed by atoms with Gasteiger partial charge in [0.25, 0.3) is 0 Å². The molecule has 0 aromatic carbocycles. The van der Waals surface area contributed by atoms with E-state index in [0.717, 1.165) is 36.4 Å². The van der Waals surface area contributed by atoms with Gasteiger partial charge in [-0.15, -0.1) is 11.3 Å². The lowest BCUT2D eigenvalue weighted by atomic mass is 9.95. The van der Waals surface area contributed by atoms with E-state index >= 15 is 0 Å². The molecule has 3 rings (SSSR count). The Kier molecular flexibility index (Phi) is 2.76. The zero-order valence-electron chi connectivity index (χ0n) is 9.89. The van der Waals surface area contributed by atoms with Gasteiger partial charge in [0.2, 0.25) is 0 Å². The lowest BCUT2D eigenvalue weighted by Crippen LogP contribution is -2.12. The molecule has 0 aliphatic heterocycles. The van der Waals surface area contributed by atoms with Crippen molar-refractivity contribution in [2.45, 2.75) is 38.8 Å². The number of aryl methyl sites for hydroxylation is 1. The number of thiazole rings is 1. The minimum atomic E-state index is -0.261. The molecule has 1 aliphatic carbocycles. The van der Waals surface area contributed by atoms with Crippen molar-refractivity contribution < 1.29 is 5.11 Å². The predicted molar refractivity (Wildman–Crippen MR) is 68.3 cm³/mol. The highest BCUT2D eigenvalue weighted by Gasteiger charge is 2.21. The van der Waals surface area contributed by atoms with Gasteiger partial charge < -0.3 is 9.67 Å². The SMILES string of the molecule is Cc1ncc(Cn2ccc3c2CCCC3O)s1. The van der Waals surface area contributed by atoms with Crippen LogP contribution in [0.2, 0.25) is 0 Å². The van der Waals surface area contributed by atoms with Gasteiger partial charge in [-0.3, -0.25) is 0 Å². The number of fused-ring (bicyclic) bond motifs is 1. The summed E-state index contributed by atoms with van der Waals surface area (Å²) in [5, 5.41) is 11.0. The molecular weight excluding hydrogens is 232 g/mol. The van der Waals surface area contributed by atoms with Gasteiger partial charge in [0.1, 0.15) is 0 Å². The van der Waals surface area contributed by atoms with Crippen molar-refractivity contribution in [2.24, 2.45) is 0 Å². The van der Waals surface area contributed by atoms with Gasteiger partial charge in [-0.1, -0.05) is 0 Å². The first-order valence-corrected chi connectivity index (χ1v) is 6.83. The van der Waals surface area contributed by atoms with Crippen molar-refractivity contribution in [3.8, 4) is 0 Å². The third-order valence-corrected chi connectivity index (χ3v) is 4.26. The maximum Gasteiger partial charge on any atom is 0.0897 e. The fourth-order valence-corrected chi connectivity index (χ4v) is 3.32. The van der Waals surface area contributed by atoms with E-state index in [-0.39, 0.29) is 6.10 Å². The highest BCUT2D eigenvalue weighted by atomic mass is 32.1. The van der Waals surface area contributed by atoms with Crippen LogP contribution in [0.15, 0.2) is 18.5 Å². The van der Waals surface area contributed by atoms with E-state index in [1.165, 1.54) is 10.6 Å². The van der Waals surface area contributed by atoms with Crippen LogP contribution in [-0.4, -0.2) is 14.7 Å². The van der Waals surface area contributed by atoms with Crippen LogP contribution in [0.4, 0.5) is 0 Å². The molecule has 0 radical (unpaired) electrons. The quantitative estimate of drug-likeness (QED) is 0.887. The van der Waals surface area contributed by atoms with Crippen molar-refractivity contribution in [1.82, 2.24) is 9.55 Å². The van der Waals surface area contributed by atoms with Gasteiger partial charge in [0.15, 0.2) is 0 Å². The molecule has 1 N–H and O–H groups in total. The highest BCUT2D eigenvalue weighted by molar-refractivity contribution is 7.11. The zero-order chi connectivity index (χ0) is 11.8. The molecular formula is C13H16N2OS. The zero-order valence-corrected chi connectivity index (χ0v) is 10.7. The van der Waals surface area contributed by atoms with E-state index in [0.29, 0.717) is 0 Å². The molecule has 2 aromatic heterocycles. The lowest BCUT2D eigenvalue weighted by Gasteiger charge is -2.19. The van der Waals surface area contributed by atoms with Crippen molar-refractivity contribution in [1.29, 1.82) is 0 Å². The Morgan fingerprint density at radius 1 is 1.59 bits per heavy atom. The minimum absolute atomic E-state index is 0.261. The summed E-state index contributed by atoms with van der Waals surface area (Å²) in [6.45, 7) is 2.91. The molecule has 1 aliphatic rings. The summed E-state index contributed by atoms with van der Waals surface area (Å²) in [5.74, 6) is 0. The topological polar surface area (TPSA) is 38.0 Å². The predicted octanol–water partition coefficient (Wildman–Crippen LogP) is 2.67. The molecule has 3 nitrogen and oxygen atoms in total. The van der Waals surface area contributed by atoms with E-state index in [4.69, 9.17) is 0 Å². The van der Waals surface area contributed by atoms with Gasteiger partial charge in [-0.25, -0.2) is 4.98 Å². The normalized spacial score (nSPS) is 19.3. The van der Waals surface area contributed by atoms with Crippen molar-refractivity contribution in [2.75, 3.05) is 0 Å². The Bertz CT molecular complexity index is 529. The summed E-state index contributed by atoms with van der Waals surface area (Å²) in [6, 6.07) is 2.06. The molecule has 1 unspecified atom stereocenters. The second-order valence-corrected chi connectivity index (χ2v) is 5.92. The molecule has 0 saturated heterocycles. The number of aliphatic hydroxyl groups excluding tert-OH is 1. The maximum absolute atomic E-state index is 9.92. The summed E-state index contributed by atoms with van der Waals surface area (Å²) in [6.07, 6.45) is 6.84. The maximum atomic E-state index is 9.92. The Morgan fingerprint density at radius 2 is 2.47 bits per heavy atom. The molecule has 1 atom stereocenters. The number of aliphatic hydroxyl groups is 1. The summed E-state index contributed by atoms with van der Waals surface area (Å²) in [4.78, 5) is 5.56. The number of nitrogens with zero attached hydrogens (tertiary/aromatic N) is 2. The Labute approximate surface area is 105 Å². The van der Waals surface area contributed by atoms with Gasteiger partial charge >= 0.3 is 0 Å². The summed E-state index contributed by atoms with van der Waals surface area (Å²) in [7, 11) is 0. The largest absolute Gasteiger partial charge is 0.388 e. The number of hydrogen-bond donors (Lipinski definition) is 1. The highest BCUT2D eigenvalue weighted by Crippen LogP contribution is 2.31. The molecule has 0 bridgehead atoms. The summed E-state index contributed by atoms with van der Waals surface area (Å²) >= 11 is 1.74. The lowest BCUT2D eigenvalue weighted by molar-refractivity contribution is 0.156. The van der Waals surface area contributed by atoms with Crippen molar-refractivity contribution in [3.05, 3.63) is 39.6 Å². The molecule has 17 heavy (non-hydrogen) atoms. The van der Waals surface area contributed by atoms with Gasteiger partial charge in [-0.05, 0) is 32.3 Å². The molecule has 4 heteroatoms. The molecule has 2 aromatic rings. The van der Waals surface area contributed by atoms with E-state index in [9.17, 15) is 5.11 Å². The second-order valence-electron chi connectivity index (χ2n) is 4.60. The average molecular weight is 248 g/mol. The third-order valence-electron chi connectivity index (χ3n) is 3.36. The second kappa shape index (κ2) is 4.27. The standard InChI is InChI=1S/C13H16N2OS/c1-9-14-7-10(17-9)8-15-6-5-11-12(15)3-2-4-13(11)16/h5-7,13,16H,2-4,8H2,1H3. The first-order chi connectivity index (χ1) is 8.24. The van der Waals surface area contributed by atoms with Gasteiger partial charge in [0.05, 0.1) is 17.7 Å². The van der Waals surface area contributed by atoms with Crippen LogP contribution < -0.4 is 0 Å². The first kappa shape index (κ1) is 11.0. The van der Waals surface area contributed by atoms with Crippen LogP contribution in [-0.2, 0) is 13.0 Å².